The number of Topliss-reactive ketones (excluding diaryl/α,β-unsaturated/α-hetero) is 2. The van der Waals surface area contributed by atoms with Crippen molar-refractivity contribution < 1.29 is 9.59 Å². The molecule has 3 unspecified atom stereocenters. The molecule has 3 nitrogen and oxygen atoms in total. The number of hydrogen-bond acceptors (Lipinski definition) is 3. The fourth-order valence-electron chi connectivity index (χ4n) is 4.40. The van der Waals surface area contributed by atoms with Crippen molar-refractivity contribution in [3.05, 3.63) is 0 Å². The van der Waals surface area contributed by atoms with Crippen molar-refractivity contribution in [2.24, 2.45) is 23.7 Å². The minimum atomic E-state index is -0.254. The van der Waals surface area contributed by atoms with E-state index in [2.05, 4.69) is 11.9 Å². The fraction of sp³-hybridized carbons (Fsp3) is 0.875. The van der Waals surface area contributed by atoms with Gasteiger partial charge in [0.05, 0.1) is 5.92 Å². The third kappa shape index (κ3) is 2.62. The maximum atomic E-state index is 12.5. The van der Waals surface area contributed by atoms with Crippen LogP contribution in [0, 0.1) is 23.7 Å². The molecule has 0 aromatic carbocycles. The van der Waals surface area contributed by atoms with Crippen molar-refractivity contribution in [1.82, 2.24) is 4.90 Å². The SMILES string of the molecule is CN1CCC2CC(=O)C(C(=O)C3CCCC3)CC2C1. The van der Waals surface area contributed by atoms with E-state index in [4.69, 9.17) is 0 Å². The monoisotopic (exact) mass is 263 g/mol. The number of carbonyl (C=O) groups excluding carboxylic acids is 2. The van der Waals surface area contributed by atoms with Gasteiger partial charge in [-0.1, -0.05) is 12.8 Å². The summed E-state index contributed by atoms with van der Waals surface area (Å²) in [7, 11) is 2.15. The Bertz CT molecular complexity index is 373. The quantitative estimate of drug-likeness (QED) is 0.717. The summed E-state index contributed by atoms with van der Waals surface area (Å²) < 4.78 is 0. The zero-order valence-corrected chi connectivity index (χ0v) is 11.9. The van der Waals surface area contributed by atoms with Gasteiger partial charge >= 0.3 is 0 Å². The molecule has 0 aromatic rings. The topological polar surface area (TPSA) is 37.4 Å². The molecule has 0 aromatic heterocycles. The van der Waals surface area contributed by atoms with Crippen LogP contribution >= 0.6 is 0 Å². The summed E-state index contributed by atoms with van der Waals surface area (Å²) in [6.45, 7) is 2.18. The largest absolute Gasteiger partial charge is 0.306 e. The van der Waals surface area contributed by atoms with Crippen molar-refractivity contribution in [3.8, 4) is 0 Å². The molecule has 0 spiro atoms. The van der Waals surface area contributed by atoms with E-state index in [0.29, 0.717) is 18.3 Å². The minimum Gasteiger partial charge on any atom is -0.306 e. The van der Waals surface area contributed by atoms with E-state index in [1.807, 2.05) is 0 Å². The third-order valence-corrected chi connectivity index (χ3v) is 5.59. The Kier molecular flexibility index (Phi) is 3.75. The number of piperidine rings is 1. The first-order chi connectivity index (χ1) is 9.15. The molecule has 3 heteroatoms. The average Bonchev–Trinajstić information content (AvgIpc) is 2.91. The number of ketones is 2. The molecule has 3 aliphatic rings. The van der Waals surface area contributed by atoms with Gasteiger partial charge in [-0.05, 0) is 51.1 Å². The Labute approximate surface area is 115 Å². The highest BCUT2D eigenvalue weighted by molar-refractivity contribution is 6.04. The van der Waals surface area contributed by atoms with Crippen LogP contribution in [0.1, 0.15) is 44.9 Å². The van der Waals surface area contributed by atoms with Crippen LogP contribution in [0.2, 0.25) is 0 Å². The molecule has 3 rings (SSSR count). The molecule has 1 aliphatic heterocycles. The van der Waals surface area contributed by atoms with Gasteiger partial charge in [0, 0.05) is 18.9 Å². The molecule has 1 heterocycles. The second-order valence-electron chi connectivity index (χ2n) is 6.91. The van der Waals surface area contributed by atoms with Crippen LogP contribution in [0.4, 0.5) is 0 Å². The molecular weight excluding hydrogens is 238 g/mol. The smallest absolute Gasteiger partial charge is 0.146 e. The lowest BCUT2D eigenvalue weighted by molar-refractivity contribution is -0.140. The van der Waals surface area contributed by atoms with Gasteiger partial charge in [0.15, 0.2) is 0 Å². The van der Waals surface area contributed by atoms with Crippen molar-refractivity contribution in [2.75, 3.05) is 20.1 Å². The van der Waals surface area contributed by atoms with Crippen LogP contribution in [0.3, 0.4) is 0 Å². The normalized spacial score (nSPS) is 37.3. The van der Waals surface area contributed by atoms with E-state index in [0.717, 1.165) is 38.8 Å². The molecule has 1 saturated heterocycles. The van der Waals surface area contributed by atoms with Crippen LogP contribution in [0.5, 0.6) is 0 Å². The van der Waals surface area contributed by atoms with Gasteiger partial charge in [-0.3, -0.25) is 9.59 Å². The van der Waals surface area contributed by atoms with Crippen LogP contribution in [0.15, 0.2) is 0 Å². The van der Waals surface area contributed by atoms with Crippen molar-refractivity contribution in [2.45, 2.75) is 44.9 Å². The lowest BCUT2D eigenvalue weighted by Crippen LogP contribution is -2.46. The average molecular weight is 263 g/mol. The summed E-state index contributed by atoms with van der Waals surface area (Å²) in [6, 6.07) is 0. The molecule has 0 N–H and O–H groups in total. The molecule has 106 valence electrons. The highest BCUT2D eigenvalue weighted by Gasteiger charge is 2.43. The van der Waals surface area contributed by atoms with E-state index < -0.39 is 0 Å². The van der Waals surface area contributed by atoms with Gasteiger partial charge in [0.1, 0.15) is 11.6 Å². The van der Waals surface area contributed by atoms with Gasteiger partial charge in [0.25, 0.3) is 0 Å². The third-order valence-electron chi connectivity index (χ3n) is 5.59. The summed E-state index contributed by atoms with van der Waals surface area (Å²) in [5.41, 5.74) is 0. The summed E-state index contributed by atoms with van der Waals surface area (Å²) in [6.07, 6.45) is 7.04. The van der Waals surface area contributed by atoms with Crippen LogP contribution < -0.4 is 0 Å². The summed E-state index contributed by atoms with van der Waals surface area (Å²) in [5.74, 6) is 1.61. The van der Waals surface area contributed by atoms with Crippen LogP contribution in [0.25, 0.3) is 0 Å². The Morgan fingerprint density at radius 1 is 1.16 bits per heavy atom. The van der Waals surface area contributed by atoms with Gasteiger partial charge in [0.2, 0.25) is 0 Å². The predicted molar refractivity (Wildman–Crippen MR) is 73.8 cm³/mol. The van der Waals surface area contributed by atoms with E-state index in [-0.39, 0.29) is 23.4 Å². The zero-order valence-electron chi connectivity index (χ0n) is 11.9. The number of carbonyl (C=O) groups is 2. The second kappa shape index (κ2) is 5.35. The highest BCUT2D eigenvalue weighted by Crippen LogP contribution is 2.39. The van der Waals surface area contributed by atoms with E-state index in [1.54, 1.807) is 0 Å². The standard InChI is InChI=1S/C16H25NO2/c1-17-7-6-12-9-15(18)14(8-13(12)10-17)16(19)11-4-2-3-5-11/h11-14H,2-10H2,1H3. The number of nitrogens with zero attached hydrogens (tertiary/aromatic N) is 1. The van der Waals surface area contributed by atoms with Crippen molar-refractivity contribution >= 4 is 11.6 Å². The van der Waals surface area contributed by atoms with Gasteiger partial charge in [-0.2, -0.15) is 0 Å². The lowest BCUT2D eigenvalue weighted by Gasteiger charge is -2.41. The Balaban J connectivity index is 1.68. The molecule has 2 aliphatic carbocycles. The molecular formula is C16H25NO2. The van der Waals surface area contributed by atoms with Gasteiger partial charge in [-0.25, -0.2) is 0 Å². The Morgan fingerprint density at radius 2 is 1.89 bits per heavy atom. The molecule has 19 heavy (non-hydrogen) atoms. The van der Waals surface area contributed by atoms with E-state index >= 15 is 0 Å². The summed E-state index contributed by atoms with van der Waals surface area (Å²) >= 11 is 0. The first-order valence-corrected chi connectivity index (χ1v) is 7.90. The molecule has 3 atom stereocenters. The summed E-state index contributed by atoms with van der Waals surface area (Å²) in [5, 5.41) is 0. The van der Waals surface area contributed by atoms with Gasteiger partial charge < -0.3 is 4.90 Å². The lowest BCUT2D eigenvalue weighted by atomic mass is 9.68. The number of hydrogen-bond donors (Lipinski definition) is 0. The maximum absolute atomic E-state index is 12.5. The highest BCUT2D eigenvalue weighted by atomic mass is 16.2. The Hall–Kier alpha value is -0.700. The van der Waals surface area contributed by atoms with Crippen molar-refractivity contribution in [1.29, 1.82) is 0 Å². The van der Waals surface area contributed by atoms with Crippen LogP contribution in [-0.2, 0) is 9.59 Å². The Morgan fingerprint density at radius 3 is 2.63 bits per heavy atom. The molecule has 0 bridgehead atoms. The fourth-order valence-corrected chi connectivity index (χ4v) is 4.40. The van der Waals surface area contributed by atoms with Crippen molar-refractivity contribution in [3.63, 3.8) is 0 Å². The zero-order chi connectivity index (χ0) is 13.4. The molecule has 2 saturated carbocycles. The number of likely N-dealkylation sites (tertiary alicyclic amines) is 1. The molecule has 0 amide bonds. The predicted octanol–water partition coefficient (Wildman–Crippen LogP) is 2.29. The molecule has 3 fully saturated rings. The molecule has 0 radical (unpaired) electrons. The maximum Gasteiger partial charge on any atom is 0.146 e. The second-order valence-corrected chi connectivity index (χ2v) is 6.91. The number of fused-ring (bicyclic) bond motifs is 1. The summed E-state index contributed by atoms with van der Waals surface area (Å²) in [4.78, 5) is 27.2. The van der Waals surface area contributed by atoms with E-state index in [1.165, 1.54) is 12.8 Å². The first-order valence-electron chi connectivity index (χ1n) is 7.90. The van der Waals surface area contributed by atoms with Gasteiger partial charge in [-0.15, -0.1) is 0 Å². The first kappa shape index (κ1) is 13.3. The number of rotatable bonds is 2. The van der Waals surface area contributed by atoms with Crippen LogP contribution in [-0.4, -0.2) is 36.6 Å². The minimum absolute atomic E-state index is 0.201. The van der Waals surface area contributed by atoms with E-state index in [9.17, 15) is 9.59 Å².